The van der Waals surface area contributed by atoms with Crippen LogP contribution in [0.4, 0.5) is 24.5 Å². The number of para-hydroxylation sites is 2. The monoisotopic (exact) mass is 459 g/mol. The first-order valence-electron chi connectivity index (χ1n) is 10.2. The Balaban J connectivity index is 1.58. The molecule has 2 amide bonds. The van der Waals surface area contributed by atoms with Crippen molar-refractivity contribution in [3.05, 3.63) is 60.7 Å². The zero-order valence-electron chi connectivity index (χ0n) is 17.5. The maximum Gasteiger partial charge on any atom is 0.416 e. The number of alkyl halides is 3. The van der Waals surface area contributed by atoms with E-state index in [4.69, 9.17) is 4.74 Å². The highest BCUT2D eigenvalue weighted by Gasteiger charge is 2.37. The normalized spacial score (nSPS) is 16.2. The predicted octanol–water partition coefficient (Wildman–Crippen LogP) is 3.68. The summed E-state index contributed by atoms with van der Waals surface area (Å²) in [5.74, 6) is -1.09. The minimum Gasteiger partial charge on any atom is -0.492 e. The molecule has 1 N–H and O–H groups in total. The second kappa shape index (κ2) is 8.93. The van der Waals surface area contributed by atoms with Crippen LogP contribution in [-0.2, 0) is 15.8 Å². The quantitative estimate of drug-likeness (QED) is 0.608. The Morgan fingerprint density at radius 3 is 2.70 bits per heavy atom. The highest BCUT2D eigenvalue weighted by Crippen LogP contribution is 2.35. The van der Waals surface area contributed by atoms with Crippen LogP contribution in [-0.4, -0.2) is 39.7 Å². The van der Waals surface area contributed by atoms with Gasteiger partial charge in [0, 0.05) is 13.0 Å². The first-order valence-corrected chi connectivity index (χ1v) is 10.2. The van der Waals surface area contributed by atoms with E-state index in [9.17, 15) is 22.8 Å². The number of carbonyl (C=O) groups excluding carboxylic acids is 2. The van der Waals surface area contributed by atoms with Crippen LogP contribution < -0.4 is 15.0 Å². The van der Waals surface area contributed by atoms with Crippen molar-refractivity contribution in [2.45, 2.75) is 19.5 Å². The Bertz CT molecular complexity index is 1160. The summed E-state index contributed by atoms with van der Waals surface area (Å²) in [7, 11) is 0. The molecule has 0 bridgehead atoms. The number of anilines is 2. The number of nitrogens with one attached hydrogen (secondary N) is 1. The van der Waals surface area contributed by atoms with E-state index in [1.54, 1.807) is 24.3 Å². The first kappa shape index (κ1) is 22.3. The molecule has 2 heterocycles. The molecule has 11 heteroatoms. The fourth-order valence-corrected chi connectivity index (χ4v) is 3.65. The molecular formula is C22H20F3N5O3. The van der Waals surface area contributed by atoms with Crippen molar-refractivity contribution in [3.8, 4) is 11.4 Å². The van der Waals surface area contributed by atoms with Gasteiger partial charge in [-0.25, -0.2) is 9.67 Å². The Labute approximate surface area is 187 Å². The van der Waals surface area contributed by atoms with E-state index in [1.807, 2.05) is 6.92 Å². The Kier molecular flexibility index (Phi) is 6.03. The molecule has 0 unspecified atom stereocenters. The SMILES string of the molecule is CCOc1ccccc1N1C[C@H](C(=O)Nc2cc(C(F)(F)F)ccc2-n2cncn2)CC1=O. The van der Waals surface area contributed by atoms with Gasteiger partial charge < -0.3 is 15.0 Å². The molecule has 0 aliphatic carbocycles. The molecule has 1 aliphatic heterocycles. The van der Waals surface area contributed by atoms with Gasteiger partial charge in [-0.2, -0.15) is 18.3 Å². The molecular weight excluding hydrogens is 439 g/mol. The summed E-state index contributed by atoms with van der Waals surface area (Å²) in [5.41, 5.74) is -0.240. The van der Waals surface area contributed by atoms with Crippen LogP contribution in [0.15, 0.2) is 55.1 Å². The van der Waals surface area contributed by atoms with Gasteiger partial charge in [0.25, 0.3) is 0 Å². The molecule has 1 aliphatic rings. The molecule has 1 aromatic heterocycles. The van der Waals surface area contributed by atoms with Crippen molar-refractivity contribution in [3.63, 3.8) is 0 Å². The van der Waals surface area contributed by atoms with Crippen molar-refractivity contribution >= 4 is 23.2 Å². The van der Waals surface area contributed by atoms with Gasteiger partial charge in [-0.3, -0.25) is 9.59 Å². The average Bonchev–Trinajstić information content (AvgIpc) is 3.44. The third-order valence-corrected chi connectivity index (χ3v) is 5.20. The first-order chi connectivity index (χ1) is 15.8. The lowest BCUT2D eigenvalue weighted by molar-refractivity contribution is -0.137. The number of rotatable bonds is 6. The zero-order chi connectivity index (χ0) is 23.6. The molecule has 0 spiro atoms. The highest BCUT2D eigenvalue weighted by atomic mass is 19.4. The molecule has 3 aromatic rings. The van der Waals surface area contributed by atoms with Crippen molar-refractivity contribution in [2.75, 3.05) is 23.4 Å². The Morgan fingerprint density at radius 2 is 2.00 bits per heavy atom. The van der Waals surface area contributed by atoms with E-state index in [-0.39, 0.29) is 30.2 Å². The van der Waals surface area contributed by atoms with Crippen molar-refractivity contribution in [1.82, 2.24) is 14.8 Å². The van der Waals surface area contributed by atoms with Crippen LogP contribution in [0.5, 0.6) is 5.75 Å². The van der Waals surface area contributed by atoms with Crippen LogP contribution >= 0.6 is 0 Å². The largest absolute Gasteiger partial charge is 0.492 e. The van der Waals surface area contributed by atoms with Gasteiger partial charge in [0.05, 0.1) is 35.2 Å². The standard InChI is InChI=1S/C22H20F3N5O3/c1-2-33-19-6-4-3-5-18(19)29-11-14(9-20(29)31)21(32)28-16-10-15(22(23,24)25)7-8-17(16)30-13-26-12-27-30/h3-8,10,12-14H,2,9,11H2,1H3,(H,28,32)/t14-/m1/s1. The second-order valence-electron chi connectivity index (χ2n) is 7.37. The number of carbonyl (C=O) groups is 2. The number of hydrogen-bond acceptors (Lipinski definition) is 5. The van der Waals surface area contributed by atoms with Gasteiger partial charge in [0.1, 0.15) is 18.4 Å². The van der Waals surface area contributed by atoms with Gasteiger partial charge in [-0.15, -0.1) is 0 Å². The van der Waals surface area contributed by atoms with Crippen molar-refractivity contribution in [2.24, 2.45) is 5.92 Å². The van der Waals surface area contributed by atoms with Crippen LogP contribution in [0.25, 0.3) is 5.69 Å². The molecule has 1 atom stereocenters. The lowest BCUT2D eigenvalue weighted by atomic mass is 10.1. The van der Waals surface area contributed by atoms with Gasteiger partial charge in [0.2, 0.25) is 11.8 Å². The van der Waals surface area contributed by atoms with Crippen LogP contribution in [0.1, 0.15) is 18.9 Å². The molecule has 1 saturated heterocycles. The maximum absolute atomic E-state index is 13.3. The third-order valence-electron chi connectivity index (χ3n) is 5.20. The fraction of sp³-hybridized carbons (Fsp3) is 0.273. The van der Waals surface area contributed by atoms with Gasteiger partial charge in [-0.05, 0) is 37.3 Å². The van der Waals surface area contributed by atoms with Gasteiger partial charge in [0.15, 0.2) is 0 Å². The molecule has 172 valence electrons. The Morgan fingerprint density at radius 1 is 1.21 bits per heavy atom. The molecule has 0 radical (unpaired) electrons. The van der Waals surface area contributed by atoms with Gasteiger partial charge in [-0.1, -0.05) is 12.1 Å². The lowest BCUT2D eigenvalue weighted by Crippen LogP contribution is -2.28. The number of hydrogen-bond donors (Lipinski definition) is 1. The average molecular weight is 459 g/mol. The lowest BCUT2D eigenvalue weighted by Gasteiger charge is -2.20. The smallest absolute Gasteiger partial charge is 0.416 e. The molecule has 2 aromatic carbocycles. The van der Waals surface area contributed by atoms with Crippen LogP contribution in [0.2, 0.25) is 0 Å². The van der Waals surface area contributed by atoms with Crippen molar-refractivity contribution in [1.29, 1.82) is 0 Å². The minimum absolute atomic E-state index is 0.0758. The summed E-state index contributed by atoms with van der Waals surface area (Å²) in [5, 5.41) is 6.48. The zero-order valence-corrected chi connectivity index (χ0v) is 17.5. The number of aromatic nitrogens is 3. The van der Waals surface area contributed by atoms with Crippen LogP contribution in [0.3, 0.4) is 0 Å². The molecule has 1 fully saturated rings. The fourth-order valence-electron chi connectivity index (χ4n) is 3.65. The van der Waals surface area contributed by atoms with Crippen LogP contribution in [0, 0.1) is 5.92 Å². The number of benzene rings is 2. The summed E-state index contributed by atoms with van der Waals surface area (Å²) in [6.45, 7) is 2.30. The summed E-state index contributed by atoms with van der Waals surface area (Å²) < 4.78 is 46.6. The Hall–Kier alpha value is -3.89. The summed E-state index contributed by atoms with van der Waals surface area (Å²) in [6, 6.07) is 9.93. The summed E-state index contributed by atoms with van der Waals surface area (Å²) >= 11 is 0. The predicted molar refractivity (Wildman–Crippen MR) is 113 cm³/mol. The van der Waals surface area contributed by atoms with E-state index in [0.29, 0.717) is 18.0 Å². The van der Waals surface area contributed by atoms with E-state index >= 15 is 0 Å². The van der Waals surface area contributed by atoms with Gasteiger partial charge >= 0.3 is 6.18 Å². The third kappa shape index (κ3) is 4.66. The molecule has 4 rings (SSSR count). The van der Waals surface area contributed by atoms with E-state index in [0.717, 1.165) is 12.1 Å². The molecule has 33 heavy (non-hydrogen) atoms. The van der Waals surface area contributed by atoms with E-state index in [1.165, 1.54) is 28.3 Å². The molecule has 8 nitrogen and oxygen atoms in total. The summed E-state index contributed by atoms with van der Waals surface area (Å²) in [4.78, 5) is 30.9. The highest BCUT2D eigenvalue weighted by molar-refractivity contribution is 6.04. The molecule has 0 saturated carbocycles. The van der Waals surface area contributed by atoms with E-state index in [2.05, 4.69) is 15.4 Å². The number of nitrogens with zero attached hydrogens (tertiary/aromatic N) is 4. The van der Waals surface area contributed by atoms with Crippen molar-refractivity contribution < 1.29 is 27.5 Å². The maximum atomic E-state index is 13.3. The topological polar surface area (TPSA) is 89.3 Å². The minimum atomic E-state index is -4.59. The number of ether oxygens (including phenoxy) is 1. The number of amides is 2. The second-order valence-corrected chi connectivity index (χ2v) is 7.37. The summed E-state index contributed by atoms with van der Waals surface area (Å²) in [6.07, 6.45) is -2.14. The number of halogens is 3. The van der Waals surface area contributed by atoms with E-state index < -0.39 is 23.6 Å².